The molecule has 9 heteroatoms. The molecule has 34 heavy (non-hydrogen) atoms. The highest BCUT2D eigenvalue weighted by Crippen LogP contribution is 2.35. The highest BCUT2D eigenvalue weighted by molar-refractivity contribution is 7.21. The number of nitrogens with zero attached hydrogens (tertiary/aromatic N) is 3. The number of phenols is 1. The Morgan fingerprint density at radius 3 is 2.68 bits per heavy atom. The third-order valence-electron chi connectivity index (χ3n) is 6.08. The lowest BCUT2D eigenvalue weighted by molar-refractivity contribution is 0.0492. The van der Waals surface area contributed by atoms with Crippen molar-refractivity contribution < 1.29 is 19.1 Å². The van der Waals surface area contributed by atoms with Crippen LogP contribution in [-0.2, 0) is 11.3 Å². The molecule has 0 aliphatic carbocycles. The van der Waals surface area contributed by atoms with Gasteiger partial charge in [0.15, 0.2) is 0 Å². The molecular weight excluding hydrogens is 454 g/mol. The third-order valence-corrected chi connectivity index (χ3v) is 7.14. The van der Waals surface area contributed by atoms with Crippen molar-refractivity contribution in [1.29, 1.82) is 0 Å². The Morgan fingerprint density at radius 2 is 1.94 bits per heavy atom. The lowest BCUT2D eigenvalue weighted by Crippen LogP contribution is -2.43. The van der Waals surface area contributed by atoms with Crippen molar-refractivity contribution in [3.63, 3.8) is 0 Å². The molecule has 1 fully saturated rings. The van der Waals surface area contributed by atoms with E-state index in [-0.39, 0.29) is 34.7 Å². The fourth-order valence-corrected chi connectivity index (χ4v) is 5.20. The quantitative estimate of drug-likeness (QED) is 0.433. The van der Waals surface area contributed by atoms with E-state index in [2.05, 4.69) is 21.8 Å². The average molecular weight is 480 g/mol. The van der Waals surface area contributed by atoms with E-state index in [0.29, 0.717) is 22.5 Å². The first-order valence-corrected chi connectivity index (χ1v) is 12.0. The Hall–Kier alpha value is -3.27. The molecule has 3 heterocycles. The fraction of sp³-hybridized carbons (Fsp3) is 0.320. The van der Waals surface area contributed by atoms with Crippen LogP contribution in [-0.4, -0.2) is 65.7 Å². The molecule has 0 radical (unpaired) electrons. The monoisotopic (exact) mass is 479 g/mol. The zero-order valence-corrected chi connectivity index (χ0v) is 19.9. The number of carbonyl (C=O) groups excluding carboxylic acids is 1. The second kappa shape index (κ2) is 9.17. The van der Waals surface area contributed by atoms with Gasteiger partial charge in [-0.05, 0) is 38.2 Å². The summed E-state index contributed by atoms with van der Waals surface area (Å²) in [5, 5.41) is 11.4. The molecule has 1 N–H and O–H groups in total. The maximum Gasteiger partial charge on any atom is 0.375 e. The highest BCUT2D eigenvalue weighted by Gasteiger charge is 2.28. The van der Waals surface area contributed by atoms with E-state index in [4.69, 9.17) is 9.15 Å². The van der Waals surface area contributed by atoms with Gasteiger partial charge in [0.1, 0.15) is 21.9 Å². The number of rotatable bonds is 5. The van der Waals surface area contributed by atoms with Crippen LogP contribution in [0, 0.1) is 0 Å². The molecule has 0 unspecified atom stereocenters. The molecule has 1 saturated heterocycles. The second-order valence-electron chi connectivity index (χ2n) is 8.36. The molecule has 2 aromatic carbocycles. The topological polar surface area (TPSA) is 96.1 Å². The first-order chi connectivity index (χ1) is 16.5. The van der Waals surface area contributed by atoms with Gasteiger partial charge in [0.2, 0.25) is 11.2 Å². The van der Waals surface area contributed by atoms with E-state index in [1.807, 2.05) is 24.3 Å². The molecule has 8 nitrogen and oxygen atoms in total. The smallest absolute Gasteiger partial charge is 0.375 e. The molecule has 0 saturated carbocycles. The van der Waals surface area contributed by atoms with Gasteiger partial charge in [-0.1, -0.05) is 12.1 Å². The zero-order valence-electron chi connectivity index (χ0n) is 19.0. The third kappa shape index (κ3) is 4.06. The second-order valence-corrected chi connectivity index (χ2v) is 9.39. The minimum Gasteiger partial charge on any atom is -0.507 e. The summed E-state index contributed by atoms with van der Waals surface area (Å²) in [6.07, 6.45) is 0. The molecular formula is C25H25N3O5S. The van der Waals surface area contributed by atoms with Gasteiger partial charge in [-0.3, -0.25) is 9.69 Å². The summed E-state index contributed by atoms with van der Waals surface area (Å²) in [7, 11) is 2.07. The molecule has 0 bridgehead atoms. The van der Waals surface area contributed by atoms with Crippen LogP contribution in [0.2, 0.25) is 0 Å². The van der Waals surface area contributed by atoms with Gasteiger partial charge in [-0.25, -0.2) is 9.78 Å². The van der Waals surface area contributed by atoms with Crippen LogP contribution in [0.3, 0.4) is 0 Å². The van der Waals surface area contributed by atoms with Crippen LogP contribution in [0.15, 0.2) is 45.6 Å². The number of aromatic hydroxyl groups is 1. The molecule has 0 spiro atoms. The normalized spacial score (nSPS) is 15.2. The minimum atomic E-state index is -0.732. The van der Waals surface area contributed by atoms with Crippen molar-refractivity contribution in [3.05, 3.63) is 57.9 Å². The largest absolute Gasteiger partial charge is 0.507 e. The maximum atomic E-state index is 13.7. The van der Waals surface area contributed by atoms with Crippen LogP contribution in [0.25, 0.3) is 31.8 Å². The number of likely N-dealkylation sites (N-methyl/N-ethyl adjacent to an activating group) is 1. The van der Waals surface area contributed by atoms with Crippen molar-refractivity contribution in [2.75, 3.05) is 39.8 Å². The Labute approximate surface area is 200 Å². The SMILES string of the molecule is CCOC(=O)c1oc2c(CN3CCN(C)CC3)c(O)ccc2c(=O)c1-c1nc2ccccc2s1. The molecule has 176 valence electrons. The molecule has 2 aromatic heterocycles. The summed E-state index contributed by atoms with van der Waals surface area (Å²) in [5.74, 6) is -0.898. The summed E-state index contributed by atoms with van der Waals surface area (Å²) < 4.78 is 12.2. The molecule has 0 amide bonds. The number of aromatic nitrogens is 1. The molecule has 1 aliphatic rings. The number of carbonyl (C=O) groups is 1. The lowest BCUT2D eigenvalue weighted by atomic mass is 10.1. The Balaban J connectivity index is 1.70. The zero-order chi connectivity index (χ0) is 23.8. The van der Waals surface area contributed by atoms with E-state index in [0.717, 1.165) is 36.4 Å². The number of phenolic OH excluding ortho intramolecular Hbond substituents is 1. The number of benzene rings is 2. The Kier molecular flexibility index (Phi) is 6.07. The van der Waals surface area contributed by atoms with Crippen LogP contribution in [0.5, 0.6) is 5.75 Å². The predicted octanol–water partition coefficient (Wildman–Crippen LogP) is 3.70. The first kappa shape index (κ1) is 22.5. The molecule has 0 atom stereocenters. The Morgan fingerprint density at radius 1 is 1.18 bits per heavy atom. The van der Waals surface area contributed by atoms with Gasteiger partial charge >= 0.3 is 5.97 Å². The lowest BCUT2D eigenvalue weighted by Gasteiger charge is -2.32. The number of fused-ring (bicyclic) bond motifs is 2. The number of para-hydroxylation sites is 1. The van der Waals surface area contributed by atoms with Crippen molar-refractivity contribution in [2.45, 2.75) is 13.5 Å². The molecule has 4 aromatic rings. The van der Waals surface area contributed by atoms with Crippen molar-refractivity contribution in [1.82, 2.24) is 14.8 Å². The number of esters is 1. The number of hydrogen-bond acceptors (Lipinski definition) is 9. The van der Waals surface area contributed by atoms with E-state index in [1.54, 1.807) is 6.92 Å². The van der Waals surface area contributed by atoms with Gasteiger partial charge < -0.3 is 19.2 Å². The van der Waals surface area contributed by atoms with Crippen molar-refractivity contribution in [2.24, 2.45) is 0 Å². The number of piperazine rings is 1. The number of ether oxygens (including phenoxy) is 1. The Bertz CT molecular complexity index is 1400. The number of hydrogen-bond donors (Lipinski definition) is 1. The summed E-state index contributed by atoms with van der Waals surface area (Å²) in [6, 6.07) is 10.6. The van der Waals surface area contributed by atoms with E-state index in [9.17, 15) is 14.7 Å². The summed E-state index contributed by atoms with van der Waals surface area (Å²) >= 11 is 1.32. The van der Waals surface area contributed by atoms with Crippen LogP contribution >= 0.6 is 11.3 Å². The first-order valence-electron chi connectivity index (χ1n) is 11.2. The predicted molar refractivity (Wildman–Crippen MR) is 131 cm³/mol. The molecule has 1 aliphatic heterocycles. The summed E-state index contributed by atoms with van der Waals surface area (Å²) in [6.45, 7) is 5.70. The standard InChI is InChI=1S/C25H25N3O5S/c1-3-32-25(31)23-20(24-26-17-6-4-5-7-19(17)34-24)21(30)15-8-9-18(29)16(22(15)33-23)14-28-12-10-27(2)11-13-28/h4-9,29H,3,10-14H2,1-2H3. The highest BCUT2D eigenvalue weighted by atomic mass is 32.1. The van der Waals surface area contributed by atoms with Gasteiger partial charge in [0.05, 0.1) is 27.8 Å². The van der Waals surface area contributed by atoms with Gasteiger partial charge in [0, 0.05) is 32.7 Å². The van der Waals surface area contributed by atoms with E-state index in [1.165, 1.54) is 23.5 Å². The van der Waals surface area contributed by atoms with Crippen LogP contribution < -0.4 is 5.43 Å². The average Bonchev–Trinajstić information content (AvgIpc) is 3.26. The fourth-order valence-electron chi connectivity index (χ4n) is 4.20. The number of thiazole rings is 1. The van der Waals surface area contributed by atoms with Crippen molar-refractivity contribution in [3.8, 4) is 16.3 Å². The maximum absolute atomic E-state index is 13.7. The van der Waals surface area contributed by atoms with Crippen LogP contribution in [0.1, 0.15) is 23.0 Å². The molecule has 5 rings (SSSR count). The van der Waals surface area contributed by atoms with Gasteiger partial charge in [-0.15, -0.1) is 11.3 Å². The van der Waals surface area contributed by atoms with E-state index >= 15 is 0 Å². The summed E-state index contributed by atoms with van der Waals surface area (Å²) in [5.41, 5.74) is 1.14. The minimum absolute atomic E-state index is 0.0251. The van der Waals surface area contributed by atoms with Gasteiger partial charge in [0.25, 0.3) is 0 Å². The van der Waals surface area contributed by atoms with Crippen LogP contribution in [0.4, 0.5) is 0 Å². The van der Waals surface area contributed by atoms with E-state index < -0.39 is 5.97 Å². The van der Waals surface area contributed by atoms with Crippen molar-refractivity contribution >= 4 is 38.5 Å². The van der Waals surface area contributed by atoms with Gasteiger partial charge in [-0.2, -0.15) is 0 Å². The summed E-state index contributed by atoms with van der Waals surface area (Å²) in [4.78, 5) is 35.7.